The van der Waals surface area contributed by atoms with Gasteiger partial charge < -0.3 is 14.8 Å². The fourth-order valence-electron chi connectivity index (χ4n) is 2.76. The van der Waals surface area contributed by atoms with Gasteiger partial charge in [0.2, 0.25) is 0 Å². The van der Waals surface area contributed by atoms with Gasteiger partial charge in [0.1, 0.15) is 18.1 Å². The molecule has 0 saturated heterocycles. The van der Waals surface area contributed by atoms with Crippen LogP contribution >= 0.6 is 0 Å². The zero-order valence-corrected chi connectivity index (χ0v) is 15.7. The molecule has 0 bridgehead atoms. The summed E-state index contributed by atoms with van der Waals surface area (Å²) in [5, 5.41) is 2.22. The molecule has 0 radical (unpaired) electrons. The Kier molecular flexibility index (Phi) is 6.36. The molecular formula is C20H22F3NO3. The lowest BCUT2D eigenvalue weighted by atomic mass is 10.0. The Bertz CT molecular complexity index is 832. The number of benzene rings is 2. The maximum absolute atomic E-state index is 13.4. The minimum absolute atomic E-state index is 0.191. The number of amides is 1. The van der Waals surface area contributed by atoms with E-state index in [1.807, 2.05) is 32.9 Å². The highest BCUT2D eigenvalue weighted by Gasteiger charge is 2.35. The number of hydrogen-bond donors (Lipinski definition) is 1. The fraction of sp³-hybridized carbons (Fsp3) is 0.350. The van der Waals surface area contributed by atoms with Gasteiger partial charge >= 0.3 is 12.3 Å². The summed E-state index contributed by atoms with van der Waals surface area (Å²) in [6, 6.07) is 7.21. The van der Waals surface area contributed by atoms with E-state index in [0.717, 1.165) is 29.2 Å². The highest BCUT2D eigenvalue weighted by Crippen LogP contribution is 2.37. The molecule has 0 aliphatic carbocycles. The van der Waals surface area contributed by atoms with Crippen molar-refractivity contribution in [3.8, 4) is 11.5 Å². The molecule has 0 unspecified atom stereocenters. The van der Waals surface area contributed by atoms with Gasteiger partial charge in [-0.05, 0) is 55.2 Å². The number of ether oxygens (including phenoxy) is 2. The van der Waals surface area contributed by atoms with Crippen LogP contribution in [-0.4, -0.2) is 13.1 Å². The highest BCUT2D eigenvalue weighted by molar-refractivity contribution is 5.70. The van der Waals surface area contributed by atoms with Crippen LogP contribution in [0.5, 0.6) is 11.5 Å². The summed E-state index contributed by atoms with van der Waals surface area (Å²) in [5.41, 5.74) is 1.85. The minimum Gasteiger partial charge on any atom is -0.488 e. The molecule has 0 aliphatic heterocycles. The molecule has 0 heterocycles. The lowest BCUT2D eigenvalue weighted by Gasteiger charge is -2.18. The topological polar surface area (TPSA) is 47.6 Å². The fourth-order valence-corrected chi connectivity index (χ4v) is 2.76. The molecule has 0 saturated carbocycles. The van der Waals surface area contributed by atoms with Gasteiger partial charge in [-0.15, -0.1) is 0 Å². The van der Waals surface area contributed by atoms with Crippen molar-refractivity contribution in [3.63, 3.8) is 0 Å². The molecule has 4 nitrogen and oxygen atoms in total. The number of aryl methyl sites for hydroxylation is 3. The quantitative estimate of drug-likeness (QED) is 0.776. The maximum Gasteiger partial charge on any atom is 0.416 e. The molecule has 1 amide bonds. The van der Waals surface area contributed by atoms with Crippen LogP contribution in [0.3, 0.4) is 0 Å². The van der Waals surface area contributed by atoms with E-state index in [2.05, 4.69) is 5.32 Å². The van der Waals surface area contributed by atoms with Crippen LogP contribution in [0.25, 0.3) is 0 Å². The number of rotatable bonds is 5. The summed E-state index contributed by atoms with van der Waals surface area (Å²) in [6.45, 7) is 5.42. The Morgan fingerprint density at radius 1 is 1.11 bits per heavy atom. The number of carbonyl (C=O) groups excluding carboxylic acids is 1. The molecule has 7 heteroatoms. The molecular weight excluding hydrogens is 359 g/mol. The van der Waals surface area contributed by atoms with E-state index >= 15 is 0 Å². The monoisotopic (exact) mass is 381 g/mol. The van der Waals surface area contributed by atoms with E-state index in [9.17, 15) is 18.0 Å². The van der Waals surface area contributed by atoms with E-state index in [1.165, 1.54) is 19.2 Å². The summed E-state index contributed by atoms with van der Waals surface area (Å²) < 4.78 is 50.9. The van der Waals surface area contributed by atoms with Gasteiger partial charge in [-0.2, -0.15) is 13.2 Å². The first-order valence-corrected chi connectivity index (χ1v) is 8.49. The van der Waals surface area contributed by atoms with Crippen LogP contribution in [0.4, 0.5) is 18.0 Å². The predicted octanol–water partition coefficient (Wildman–Crippen LogP) is 5.18. The lowest BCUT2D eigenvalue weighted by molar-refractivity contribution is -0.138. The molecule has 0 spiro atoms. The molecule has 146 valence electrons. The third-order valence-electron chi connectivity index (χ3n) is 4.23. The second-order valence-corrected chi connectivity index (χ2v) is 6.11. The van der Waals surface area contributed by atoms with Crippen molar-refractivity contribution in [2.45, 2.75) is 40.0 Å². The number of carbonyl (C=O) groups is 1. The Morgan fingerprint density at radius 2 is 1.81 bits per heavy atom. The van der Waals surface area contributed by atoms with Crippen molar-refractivity contribution in [1.82, 2.24) is 5.32 Å². The standard InChI is InChI=1S/C20H22F3NO3/c1-5-14-9-13(3)18(10-12(14)2)26-11-15-16(20(21,22)23)7-6-8-17(15)27-19(25)24-4/h6-10H,5,11H2,1-4H3,(H,24,25). The second kappa shape index (κ2) is 8.33. The van der Waals surface area contributed by atoms with Crippen LogP contribution in [-0.2, 0) is 19.2 Å². The Hall–Kier alpha value is -2.70. The first-order chi connectivity index (χ1) is 12.7. The molecule has 1 N–H and O–H groups in total. The lowest BCUT2D eigenvalue weighted by Crippen LogP contribution is -2.23. The van der Waals surface area contributed by atoms with Crippen molar-refractivity contribution < 1.29 is 27.4 Å². The van der Waals surface area contributed by atoms with Crippen molar-refractivity contribution in [3.05, 3.63) is 58.1 Å². The zero-order chi connectivity index (χ0) is 20.2. The van der Waals surface area contributed by atoms with E-state index in [4.69, 9.17) is 9.47 Å². The number of hydrogen-bond acceptors (Lipinski definition) is 3. The maximum atomic E-state index is 13.4. The predicted molar refractivity (Wildman–Crippen MR) is 96.2 cm³/mol. The first kappa shape index (κ1) is 20.6. The SMILES string of the molecule is CCc1cc(C)c(OCc2c(OC(=O)NC)cccc2C(F)(F)F)cc1C. The molecule has 27 heavy (non-hydrogen) atoms. The van der Waals surface area contributed by atoms with Crippen LogP contribution in [0, 0.1) is 13.8 Å². The molecule has 0 fully saturated rings. The largest absolute Gasteiger partial charge is 0.488 e. The van der Waals surface area contributed by atoms with Gasteiger partial charge in [-0.25, -0.2) is 4.79 Å². The molecule has 2 aromatic carbocycles. The number of alkyl halides is 3. The second-order valence-electron chi connectivity index (χ2n) is 6.11. The molecule has 0 aromatic heterocycles. The third-order valence-corrected chi connectivity index (χ3v) is 4.23. The van der Waals surface area contributed by atoms with Crippen molar-refractivity contribution in [1.29, 1.82) is 0 Å². The van der Waals surface area contributed by atoms with Crippen molar-refractivity contribution >= 4 is 6.09 Å². The molecule has 0 aliphatic rings. The average molecular weight is 381 g/mol. The molecule has 2 rings (SSSR count). The molecule has 2 aromatic rings. The Morgan fingerprint density at radius 3 is 2.41 bits per heavy atom. The highest BCUT2D eigenvalue weighted by atomic mass is 19.4. The van der Waals surface area contributed by atoms with E-state index < -0.39 is 17.8 Å². The third kappa shape index (κ3) is 4.93. The van der Waals surface area contributed by atoms with Gasteiger partial charge in [0.05, 0.1) is 5.56 Å². The van der Waals surface area contributed by atoms with Gasteiger partial charge in [0, 0.05) is 12.6 Å². The average Bonchev–Trinajstić information content (AvgIpc) is 2.61. The van der Waals surface area contributed by atoms with E-state index in [1.54, 1.807) is 0 Å². The van der Waals surface area contributed by atoms with Crippen LogP contribution in [0.2, 0.25) is 0 Å². The summed E-state index contributed by atoms with van der Waals surface area (Å²) in [4.78, 5) is 11.5. The number of nitrogens with one attached hydrogen (secondary N) is 1. The molecule has 0 atom stereocenters. The van der Waals surface area contributed by atoms with Crippen LogP contribution in [0.1, 0.15) is 34.7 Å². The van der Waals surface area contributed by atoms with Crippen LogP contribution < -0.4 is 14.8 Å². The van der Waals surface area contributed by atoms with Gasteiger partial charge in [0.15, 0.2) is 0 Å². The zero-order valence-electron chi connectivity index (χ0n) is 15.7. The van der Waals surface area contributed by atoms with Gasteiger partial charge in [-0.1, -0.05) is 19.1 Å². The normalized spacial score (nSPS) is 11.2. The summed E-state index contributed by atoms with van der Waals surface area (Å²) >= 11 is 0. The Balaban J connectivity index is 2.39. The Labute approximate surface area is 156 Å². The van der Waals surface area contributed by atoms with Gasteiger partial charge in [0.25, 0.3) is 0 Å². The summed E-state index contributed by atoms with van der Waals surface area (Å²) in [5.74, 6) is 0.302. The summed E-state index contributed by atoms with van der Waals surface area (Å²) in [7, 11) is 1.33. The van der Waals surface area contributed by atoms with Crippen LogP contribution in [0.15, 0.2) is 30.3 Å². The van der Waals surface area contributed by atoms with E-state index in [0.29, 0.717) is 5.75 Å². The van der Waals surface area contributed by atoms with Gasteiger partial charge in [-0.3, -0.25) is 0 Å². The minimum atomic E-state index is -4.60. The summed E-state index contributed by atoms with van der Waals surface area (Å²) in [6.07, 6.45) is -4.60. The van der Waals surface area contributed by atoms with E-state index in [-0.39, 0.29) is 17.9 Å². The van der Waals surface area contributed by atoms with Crippen molar-refractivity contribution in [2.24, 2.45) is 0 Å². The van der Waals surface area contributed by atoms with Crippen molar-refractivity contribution in [2.75, 3.05) is 7.05 Å². The first-order valence-electron chi connectivity index (χ1n) is 8.49. The number of halogens is 3. The smallest absolute Gasteiger partial charge is 0.416 e.